The van der Waals surface area contributed by atoms with Crippen LogP contribution in [0.3, 0.4) is 0 Å². The van der Waals surface area contributed by atoms with Crippen molar-refractivity contribution in [2.24, 2.45) is 5.73 Å². The second kappa shape index (κ2) is 4.85. The van der Waals surface area contributed by atoms with Crippen LogP contribution in [0.4, 0.5) is 5.00 Å². The summed E-state index contributed by atoms with van der Waals surface area (Å²) in [5.74, 6) is 0. The van der Waals surface area contributed by atoms with Crippen molar-refractivity contribution >= 4 is 32.3 Å². The van der Waals surface area contributed by atoms with Crippen LogP contribution in [-0.2, 0) is 0 Å². The summed E-state index contributed by atoms with van der Waals surface area (Å²) in [6, 6.07) is 3.30. The Kier molecular flexibility index (Phi) is 3.69. The van der Waals surface area contributed by atoms with Crippen LogP contribution in [0.15, 0.2) is 15.9 Å². The predicted octanol–water partition coefficient (Wildman–Crippen LogP) is 3.22. The largest absolute Gasteiger partial charge is 0.363 e. The Balaban J connectivity index is 1.99. The minimum absolute atomic E-state index is 0.435. The molecule has 1 fully saturated rings. The standard InChI is InChI=1S/C11H17BrN2S/c1-14(11-6-8(12)7-15-11)10-4-2-9(13)3-5-10/h6-7,9-10H,2-5,13H2,1H3. The summed E-state index contributed by atoms with van der Waals surface area (Å²) in [6.07, 6.45) is 4.80. The number of anilines is 1. The molecule has 2 nitrogen and oxygen atoms in total. The van der Waals surface area contributed by atoms with E-state index in [2.05, 4.69) is 39.3 Å². The van der Waals surface area contributed by atoms with Gasteiger partial charge in [-0.05, 0) is 47.7 Å². The molecule has 15 heavy (non-hydrogen) atoms. The van der Waals surface area contributed by atoms with E-state index in [1.54, 1.807) is 11.3 Å². The van der Waals surface area contributed by atoms with Gasteiger partial charge in [0, 0.05) is 29.0 Å². The van der Waals surface area contributed by atoms with Crippen molar-refractivity contribution in [1.29, 1.82) is 0 Å². The highest BCUT2D eigenvalue weighted by molar-refractivity contribution is 9.10. The number of hydrogen-bond donors (Lipinski definition) is 1. The molecule has 0 aromatic carbocycles. The topological polar surface area (TPSA) is 29.3 Å². The monoisotopic (exact) mass is 288 g/mol. The number of nitrogens with two attached hydrogens (primary N) is 1. The van der Waals surface area contributed by atoms with Crippen molar-refractivity contribution in [1.82, 2.24) is 0 Å². The summed E-state index contributed by atoms with van der Waals surface area (Å²) in [7, 11) is 2.19. The molecule has 0 spiro atoms. The molecule has 1 aromatic heterocycles. The fourth-order valence-electron chi connectivity index (χ4n) is 2.16. The third-order valence-electron chi connectivity index (χ3n) is 3.19. The van der Waals surface area contributed by atoms with Gasteiger partial charge in [-0.25, -0.2) is 0 Å². The number of halogens is 1. The molecule has 0 saturated heterocycles. The zero-order chi connectivity index (χ0) is 10.8. The lowest BCUT2D eigenvalue weighted by molar-refractivity contribution is 0.386. The van der Waals surface area contributed by atoms with Crippen molar-refractivity contribution in [3.05, 3.63) is 15.9 Å². The van der Waals surface area contributed by atoms with Crippen LogP contribution in [0.25, 0.3) is 0 Å². The predicted molar refractivity (Wildman–Crippen MR) is 70.7 cm³/mol. The third kappa shape index (κ3) is 2.74. The molecule has 0 unspecified atom stereocenters. The first-order chi connectivity index (χ1) is 7.16. The van der Waals surface area contributed by atoms with E-state index >= 15 is 0 Å². The van der Waals surface area contributed by atoms with Crippen LogP contribution in [0.2, 0.25) is 0 Å². The van der Waals surface area contributed by atoms with Crippen molar-refractivity contribution < 1.29 is 0 Å². The summed E-state index contributed by atoms with van der Waals surface area (Å²) in [4.78, 5) is 2.40. The molecule has 0 atom stereocenters. The van der Waals surface area contributed by atoms with Crippen molar-refractivity contribution in [3.8, 4) is 0 Å². The highest BCUT2D eigenvalue weighted by Crippen LogP contribution is 2.32. The Hall–Kier alpha value is -0.0600. The minimum atomic E-state index is 0.435. The molecule has 1 aromatic rings. The Morgan fingerprint density at radius 3 is 2.60 bits per heavy atom. The lowest BCUT2D eigenvalue weighted by Gasteiger charge is -2.34. The van der Waals surface area contributed by atoms with E-state index in [1.807, 2.05) is 0 Å². The number of hydrogen-bond acceptors (Lipinski definition) is 3. The van der Waals surface area contributed by atoms with Gasteiger partial charge in [-0.2, -0.15) is 0 Å². The van der Waals surface area contributed by atoms with Gasteiger partial charge in [-0.15, -0.1) is 11.3 Å². The number of rotatable bonds is 2. The van der Waals surface area contributed by atoms with Crippen LogP contribution < -0.4 is 10.6 Å². The van der Waals surface area contributed by atoms with Crippen molar-refractivity contribution in [3.63, 3.8) is 0 Å². The normalized spacial score (nSPS) is 26.6. The molecule has 1 saturated carbocycles. The van der Waals surface area contributed by atoms with Gasteiger partial charge in [0.2, 0.25) is 0 Å². The Morgan fingerprint density at radius 2 is 2.07 bits per heavy atom. The lowest BCUT2D eigenvalue weighted by atomic mass is 9.91. The Labute approximate surface area is 104 Å². The molecule has 0 amide bonds. The molecular weight excluding hydrogens is 272 g/mol. The maximum absolute atomic E-state index is 5.92. The second-order valence-corrected chi connectivity index (χ2v) is 6.09. The Morgan fingerprint density at radius 1 is 1.40 bits per heavy atom. The molecule has 1 aliphatic carbocycles. The molecule has 0 bridgehead atoms. The zero-order valence-corrected chi connectivity index (χ0v) is 11.4. The van der Waals surface area contributed by atoms with Crippen molar-refractivity contribution in [2.45, 2.75) is 37.8 Å². The maximum atomic E-state index is 5.92. The molecule has 0 aliphatic heterocycles. The van der Waals surface area contributed by atoms with E-state index < -0.39 is 0 Å². The molecule has 2 rings (SSSR count). The van der Waals surface area contributed by atoms with Gasteiger partial charge in [0.05, 0.1) is 5.00 Å². The molecular formula is C11H17BrN2S. The first kappa shape index (κ1) is 11.4. The van der Waals surface area contributed by atoms with Gasteiger partial charge in [-0.3, -0.25) is 0 Å². The summed E-state index contributed by atoms with van der Waals surface area (Å²) >= 11 is 5.30. The first-order valence-corrected chi connectivity index (χ1v) is 7.06. The van der Waals surface area contributed by atoms with Crippen LogP contribution >= 0.6 is 27.3 Å². The van der Waals surface area contributed by atoms with E-state index in [-0.39, 0.29) is 0 Å². The van der Waals surface area contributed by atoms with E-state index in [0.717, 1.165) is 0 Å². The van der Waals surface area contributed by atoms with Gasteiger partial charge in [0.15, 0.2) is 0 Å². The second-order valence-electron chi connectivity index (χ2n) is 4.28. The minimum Gasteiger partial charge on any atom is -0.363 e. The van der Waals surface area contributed by atoms with E-state index in [4.69, 9.17) is 5.73 Å². The average Bonchev–Trinajstić information content (AvgIpc) is 2.65. The quantitative estimate of drug-likeness (QED) is 0.905. The smallest absolute Gasteiger partial charge is 0.0920 e. The third-order valence-corrected chi connectivity index (χ3v) is 4.97. The van der Waals surface area contributed by atoms with E-state index in [0.29, 0.717) is 12.1 Å². The molecule has 1 heterocycles. The molecule has 84 valence electrons. The highest BCUT2D eigenvalue weighted by Gasteiger charge is 2.22. The highest BCUT2D eigenvalue weighted by atomic mass is 79.9. The van der Waals surface area contributed by atoms with Gasteiger partial charge >= 0.3 is 0 Å². The molecule has 2 N–H and O–H groups in total. The number of nitrogens with zero attached hydrogens (tertiary/aromatic N) is 1. The summed E-state index contributed by atoms with van der Waals surface area (Å²) in [5, 5.41) is 3.49. The van der Waals surface area contributed by atoms with Crippen molar-refractivity contribution in [2.75, 3.05) is 11.9 Å². The number of thiophene rings is 1. The van der Waals surface area contributed by atoms with Gasteiger partial charge < -0.3 is 10.6 Å². The molecule has 4 heteroatoms. The first-order valence-electron chi connectivity index (χ1n) is 5.39. The summed E-state index contributed by atoms with van der Waals surface area (Å²) < 4.78 is 1.18. The zero-order valence-electron chi connectivity index (χ0n) is 8.95. The summed E-state index contributed by atoms with van der Waals surface area (Å²) in [5.41, 5.74) is 5.92. The van der Waals surface area contributed by atoms with Gasteiger partial charge in [-0.1, -0.05) is 0 Å². The maximum Gasteiger partial charge on any atom is 0.0920 e. The van der Waals surface area contributed by atoms with Gasteiger partial charge in [0.25, 0.3) is 0 Å². The molecule has 0 radical (unpaired) electrons. The molecule has 1 aliphatic rings. The van der Waals surface area contributed by atoms with Crippen LogP contribution in [0.5, 0.6) is 0 Å². The van der Waals surface area contributed by atoms with Crippen LogP contribution in [-0.4, -0.2) is 19.1 Å². The van der Waals surface area contributed by atoms with E-state index in [1.165, 1.54) is 35.2 Å². The van der Waals surface area contributed by atoms with E-state index in [9.17, 15) is 0 Å². The van der Waals surface area contributed by atoms with Crippen LogP contribution in [0, 0.1) is 0 Å². The average molecular weight is 289 g/mol. The van der Waals surface area contributed by atoms with Crippen LogP contribution in [0.1, 0.15) is 25.7 Å². The fourth-order valence-corrected chi connectivity index (χ4v) is 3.62. The fraction of sp³-hybridized carbons (Fsp3) is 0.636. The lowest BCUT2D eigenvalue weighted by Crippen LogP contribution is -2.38. The van der Waals surface area contributed by atoms with Gasteiger partial charge in [0.1, 0.15) is 0 Å². The Bertz CT molecular complexity index is 318. The summed E-state index contributed by atoms with van der Waals surface area (Å²) in [6.45, 7) is 0. The SMILES string of the molecule is CN(c1cc(Br)cs1)C1CCC(N)CC1.